The third kappa shape index (κ3) is 4.87. The van der Waals surface area contributed by atoms with Crippen LogP contribution in [-0.2, 0) is 11.3 Å². The Kier molecular flexibility index (Phi) is 6.42. The van der Waals surface area contributed by atoms with Crippen molar-refractivity contribution >= 4 is 22.4 Å². The highest BCUT2D eigenvalue weighted by atomic mass is 32.1. The summed E-state index contributed by atoms with van der Waals surface area (Å²) in [6.07, 6.45) is 0. The Hall–Kier alpha value is -2.74. The monoisotopic (exact) mass is 424 g/mol. The number of thiazole rings is 1. The van der Waals surface area contributed by atoms with Gasteiger partial charge in [0.1, 0.15) is 25.4 Å². The number of aromatic nitrogens is 1. The molecule has 0 atom stereocenters. The topological polar surface area (TPSA) is 64.9 Å². The standard InChI is InChI=1S/C23H25N3O3S/c1-16-21(18-7-9-20(28-2)10-8-18)24-23(30-16)25-22(27)19-5-3-17(4-6-19)15-26-11-13-29-14-12-26/h3-10H,11-15H2,1-2H3,(H,24,25,27)/p+1. The number of rotatable bonds is 6. The van der Waals surface area contributed by atoms with Gasteiger partial charge in [0.25, 0.3) is 5.91 Å². The van der Waals surface area contributed by atoms with E-state index in [0.717, 1.165) is 54.7 Å². The van der Waals surface area contributed by atoms with E-state index in [-0.39, 0.29) is 5.91 Å². The number of aryl methyl sites for hydroxylation is 1. The number of morpholine rings is 1. The summed E-state index contributed by atoms with van der Waals surface area (Å²) in [6, 6.07) is 15.6. The maximum atomic E-state index is 12.7. The van der Waals surface area contributed by atoms with Gasteiger partial charge in [-0.15, -0.1) is 11.3 Å². The predicted molar refractivity (Wildman–Crippen MR) is 118 cm³/mol. The number of amides is 1. The van der Waals surface area contributed by atoms with Crippen molar-refractivity contribution < 1.29 is 19.2 Å². The SMILES string of the molecule is COc1ccc(-c2nc(NC(=O)c3ccc(C[NH+]4CCOCC4)cc3)sc2C)cc1. The van der Waals surface area contributed by atoms with Gasteiger partial charge in [-0.05, 0) is 43.3 Å². The largest absolute Gasteiger partial charge is 0.497 e. The van der Waals surface area contributed by atoms with Crippen LogP contribution >= 0.6 is 11.3 Å². The summed E-state index contributed by atoms with van der Waals surface area (Å²) >= 11 is 1.48. The molecule has 1 amide bonds. The summed E-state index contributed by atoms with van der Waals surface area (Å²) in [5.41, 5.74) is 3.74. The molecule has 30 heavy (non-hydrogen) atoms. The zero-order chi connectivity index (χ0) is 20.9. The van der Waals surface area contributed by atoms with Crippen molar-refractivity contribution in [3.8, 4) is 17.0 Å². The Morgan fingerprint density at radius 1 is 1.13 bits per heavy atom. The van der Waals surface area contributed by atoms with Crippen molar-refractivity contribution in [3.63, 3.8) is 0 Å². The summed E-state index contributed by atoms with van der Waals surface area (Å²) in [6.45, 7) is 6.67. The van der Waals surface area contributed by atoms with E-state index < -0.39 is 0 Å². The van der Waals surface area contributed by atoms with Gasteiger partial charge in [0.2, 0.25) is 0 Å². The number of methoxy groups -OCH3 is 1. The summed E-state index contributed by atoms with van der Waals surface area (Å²) < 4.78 is 10.6. The molecule has 6 nitrogen and oxygen atoms in total. The Morgan fingerprint density at radius 3 is 2.50 bits per heavy atom. The number of ether oxygens (including phenoxy) is 2. The number of hydrogen-bond donors (Lipinski definition) is 2. The zero-order valence-corrected chi connectivity index (χ0v) is 18.1. The lowest BCUT2D eigenvalue weighted by atomic mass is 10.1. The fraction of sp³-hybridized carbons (Fsp3) is 0.304. The van der Waals surface area contributed by atoms with Gasteiger partial charge in [0.05, 0.1) is 26.0 Å². The van der Waals surface area contributed by atoms with Gasteiger partial charge in [-0.25, -0.2) is 4.98 Å². The first-order chi connectivity index (χ1) is 14.6. The van der Waals surface area contributed by atoms with E-state index in [1.165, 1.54) is 21.8 Å². The first kappa shape index (κ1) is 20.5. The lowest BCUT2D eigenvalue weighted by Gasteiger charge is -2.23. The molecule has 0 unspecified atom stereocenters. The number of quaternary nitrogens is 1. The minimum absolute atomic E-state index is 0.143. The van der Waals surface area contributed by atoms with Gasteiger partial charge in [0.15, 0.2) is 5.13 Å². The second kappa shape index (κ2) is 9.38. The highest BCUT2D eigenvalue weighted by molar-refractivity contribution is 7.16. The van der Waals surface area contributed by atoms with Gasteiger partial charge in [0, 0.05) is 21.6 Å². The molecule has 156 valence electrons. The van der Waals surface area contributed by atoms with Crippen molar-refractivity contribution in [3.05, 3.63) is 64.5 Å². The Labute approximate surface area is 180 Å². The van der Waals surface area contributed by atoms with E-state index in [1.54, 1.807) is 7.11 Å². The van der Waals surface area contributed by atoms with E-state index in [9.17, 15) is 4.79 Å². The van der Waals surface area contributed by atoms with Crippen LogP contribution in [0.2, 0.25) is 0 Å². The van der Waals surface area contributed by atoms with E-state index in [2.05, 4.69) is 10.3 Å². The Morgan fingerprint density at radius 2 is 1.83 bits per heavy atom. The van der Waals surface area contributed by atoms with Crippen LogP contribution in [0.3, 0.4) is 0 Å². The van der Waals surface area contributed by atoms with Crippen LogP contribution in [0.1, 0.15) is 20.8 Å². The zero-order valence-electron chi connectivity index (χ0n) is 17.2. The molecule has 2 heterocycles. The molecule has 1 aromatic heterocycles. The molecule has 7 heteroatoms. The number of carbonyl (C=O) groups excluding carboxylic acids is 1. The van der Waals surface area contributed by atoms with E-state index in [1.807, 2.05) is 55.5 Å². The normalized spacial score (nSPS) is 14.5. The van der Waals surface area contributed by atoms with Gasteiger partial charge >= 0.3 is 0 Å². The molecule has 3 aromatic rings. The van der Waals surface area contributed by atoms with E-state index >= 15 is 0 Å². The number of nitrogens with zero attached hydrogens (tertiary/aromatic N) is 1. The molecular weight excluding hydrogens is 398 g/mol. The van der Waals surface area contributed by atoms with Crippen molar-refractivity contribution in [1.29, 1.82) is 0 Å². The maximum absolute atomic E-state index is 12.7. The van der Waals surface area contributed by atoms with Gasteiger partial charge in [-0.1, -0.05) is 12.1 Å². The molecule has 0 spiro atoms. The average Bonchev–Trinajstić information content (AvgIpc) is 3.15. The van der Waals surface area contributed by atoms with E-state index in [4.69, 9.17) is 9.47 Å². The molecule has 4 rings (SSSR count). The average molecular weight is 425 g/mol. The van der Waals surface area contributed by atoms with Crippen LogP contribution in [-0.4, -0.2) is 44.3 Å². The number of anilines is 1. The molecule has 1 fully saturated rings. The molecule has 0 bridgehead atoms. The second-order valence-corrected chi connectivity index (χ2v) is 8.55. The number of benzene rings is 2. The summed E-state index contributed by atoms with van der Waals surface area (Å²) in [5.74, 6) is 0.661. The minimum Gasteiger partial charge on any atom is -0.497 e. The van der Waals surface area contributed by atoms with Crippen molar-refractivity contribution in [2.24, 2.45) is 0 Å². The van der Waals surface area contributed by atoms with Crippen LogP contribution in [0.15, 0.2) is 48.5 Å². The van der Waals surface area contributed by atoms with Gasteiger partial charge in [-0.3, -0.25) is 10.1 Å². The Balaban J connectivity index is 1.41. The van der Waals surface area contributed by atoms with Crippen LogP contribution in [0, 0.1) is 6.92 Å². The number of nitrogens with one attached hydrogen (secondary N) is 2. The lowest BCUT2D eigenvalue weighted by molar-refractivity contribution is -0.921. The molecule has 0 radical (unpaired) electrons. The van der Waals surface area contributed by atoms with Crippen LogP contribution in [0.25, 0.3) is 11.3 Å². The molecule has 1 aliphatic rings. The van der Waals surface area contributed by atoms with Crippen LogP contribution in [0.4, 0.5) is 5.13 Å². The second-order valence-electron chi connectivity index (χ2n) is 7.34. The number of hydrogen-bond acceptors (Lipinski definition) is 5. The summed E-state index contributed by atoms with van der Waals surface area (Å²) in [4.78, 5) is 19.9. The van der Waals surface area contributed by atoms with Crippen molar-refractivity contribution in [2.75, 3.05) is 38.7 Å². The first-order valence-corrected chi connectivity index (χ1v) is 10.9. The smallest absolute Gasteiger partial charge is 0.257 e. The van der Waals surface area contributed by atoms with Gasteiger partial charge in [-0.2, -0.15) is 0 Å². The lowest BCUT2D eigenvalue weighted by Crippen LogP contribution is -3.12. The molecule has 2 aromatic carbocycles. The predicted octanol–water partition coefficient (Wildman–Crippen LogP) is 2.79. The van der Waals surface area contributed by atoms with Crippen molar-refractivity contribution in [1.82, 2.24) is 4.98 Å². The summed E-state index contributed by atoms with van der Waals surface area (Å²) in [7, 11) is 1.65. The minimum atomic E-state index is -0.143. The third-order valence-electron chi connectivity index (χ3n) is 5.25. The third-order valence-corrected chi connectivity index (χ3v) is 6.14. The highest BCUT2D eigenvalue weighted by Gasteiger charge is 2.16. The molecule has 1 aliphatic heterocycles. The highest BCUT2D eigenvalue weighted by Crippen LogP contribution is 2.31. The summed E-state index contributed by atoms with van der Waals surface area (Å²) in [5, 5.41) is 3.54. The fourth-order valence-corrected chi connectivity index (χ4v) is 4.37. The molecule has 0 saturated carbocycles. The quantitative estimate of drug-likeness (QED) is 0.639. The van der Waals surface area contributed by atoms with Crippen molar-refractivity contribution in [2.45, 2.75) is 13.5 Å². The Bertz CT molecular complexity index is 994. The molecular formula is C23H26N3O3S+. The van der Waals surface area contributed by atoms with Gasteiger partial charge < -0.3 is 14.4 Å². The molecule has 2 N–H and O–H groups in total. The first-order valence-electron chi connectivity index (χ1n) is 10.1. The van der Waals surface area contributed by atoms with E-state index in [0.29, 0.717) is 10.7 Å². The molecule has 0 aliphatic carbocycles. The maximum Gasteiger partial charge on any atom is 0.257 e. The fourth-order valence-electron chi connectivity index (χ4n) is 3.54. The molecule has 1 saturated heterocycles. The number of carbonyl (C=O) groups is 1. The van der Waals surface area contributed by atoms with Crippen LogP contribution < -0.4 is 15.0 Å². The van der Waals surface area contributed by atoms with Crippen LogP contribution in [0.5, 0.6) is 5.75 Å².